The summed E-state index contributed by atoms with van der Waals surface area (Å²) in [6.07, 6.45) is 0.242. The van der Waals surface area contributed by atoms with E-state index in [1.807, 2.05) is 54.2 Å². The molecule has 1 aromatic heterocycles. The van der Waals surface area contributed by atoms with Gasteiger partial charge < -0.3 is 10.2 Å². The first-order chi connectivity index (χ1) is 13.7. The van der Waals surface area contributed by atoms with Crippen LogP contribution in [0.3, 0.4) is 0 Å². The number of thioether (sulfide) groups is 1. The van der Waals surface area contributed by atoms with Crippen molar-refractivity contribution in [2.24, 2.45) is 0 Å². The molecule has 2 N–H and O–H groups in total. The highest BCUT2D eigenvalue weighted by Gasteiger charge is 2.32. The average molecular weight is 392 g/mol. The van der Waals surface area contributed by atoms with Crippen molar-refractivity contribution in [2.45, 2.75) is 12.3 Å². The Morgan fingerprint density at radius 1 is 1.04 bits per heavy atom. The van der Waals surface area contributed by atoms with Crippen LogP contribution in [0.25, 0.3) is 10.8 Å². The number of carbonyl (C=O) groups excluding carboxylic acids is 1. The molecule has 1 amide bonds. The molecule has 6 nitrogen and oxygen atoms in total. The van der Waals surface area contributed by atoms with Crippen molar-refractivity contribution in [1.29, 1.82) is 0 Å². The highest BCUT2D eigenvalue weighted by atomic mass is 32.2. The summed E-state index contributed by atoms with van der Waals surface area (Å²) in [5.41, 5.74) is 1.37. The van der Waals surface area contributed by atoms with Gasteiger partial charge >= 0.3 is 0 Å². The number of amides is 1. The van der Waals surface area contributed by atoms with E-state index in [1.165, 1.54) is 0 Å². The lowest BCUT2D eigenvalue weighted by atomic mass is 9.84. The van der Waals surface area contributed by atoms with Gasteiger partial charge in [-0.3, -0.25) is 14.6 Å². The van der Waals surface area contributed by atoms with Gasteiger partial charge in [0, 0.05) is 36.9 Å². The van der Waals surface area contributed by atoms with Gasteiger partial charge in [-0.15, -0.1) is 0 Å². The Balaban J connectivity index is 1.65. The molecule has 0 spiro atoms. The van der Waals surface area contributed by atoms with E-state index < -0.39 is 0 Å². The van der Waals surface area contributed by atoms with Gasteiger partial charge in [-0.25, -0.2) is 0 Å². The third kappa shape index (κ3) is 2.96. The molecule has 0 saturated carbocycles. The summed E-state index contributed by atoms with van der Waals surface area (Å²) in [5, 5.41) is 4.98. The predicted molar refractivity (Wildman–Crippen MR) is 113 cm³/mol. The summed E-state index contributed by atoms with van der Waals surface area (Å²) < 4.78 is 0. The largest absolute Gasteiger partial charge is 0.341 e. The van der Waals surface area contributed by atoms with E-state index in [1.54, 1.807) is 0 Å². The number of nitrogens with zero attached hydrogens (tertiary/aromatic N) is 2. The third-order valence-electron chi connectivity index (χ3n) is 5.45. The Hall–Kier alpha value is -2.80. The number of anilines is 2. The van der Waals surface area contributed by atoms with Crippen LogP contribution in [0.15, 0.2) is 47.3 Å². The molecule has 3 aromatic rings. The number of aromatic amines is 1. The first-order valence-corrected chi connectivity index (χ1v) is 10.6. The van der Waals surface area contributed by atoms with E-state index in [4.69, 9.17) is 0 Å². The van der Waals surface area contributed by atoms with Crippen LogP contribution in [0.1, 0.15) is 23.5 Å². The second kappa shape index (κ2) is 6.98. The van der Waals surface area contributed by atoms with Crippen molar-refractivity contribution >= 4 is 40.2 Å². The van der Waals surface area contributed by atoms with Crippen LogP contribution in [0.2, 0.25) is 0 Å². The maximum Gasteiger partial charge on any atom is 0.258 e. The van der Waals surface area contributed by atoms with Crippen molar-refractivity contribution in [3.63, 3.8) is 0 Å². The van der Waals surface area contributed by atoms with Gasteiger partial charge in [0.2, 0.25) is 11.9 Å². The molecule has 1 saturated heterocycles. The SMILES string of the molecule is O=C1CC(c2cccc3ccccc23)c2c(nc(N3CCSCC3)[nH]c2=O)N1. The highest BCUT2D eigenvalue weighted by molar-refractivity contribution is 7.99. The molecule has 2 aromatic carbocycles. The fraction of sp³-hybridized carbons (Fsp3) is 0.286. The Morgan fingerprint density at radius 3 is 2.68 bits per heavy atom. The van der Waals surface area contributed by atoms with Crippen molar-refractivity contribution < 1.29 is 4.79 Å². The number of benzene rings is 2. The molecule has 0 bridgehead atoms. The summed E-state index contributed by atoms with van der Waals surface area (Å²) >= 11 is 1.89. The van der Waals surface area contributed by atoms with Crippen LogP contribution in [0, 0.1) is 0 Å². The van der Waals surface area contributed by atoms with E-state index in [9.17, 15) is 9.59 Å². The third-order valence-corrected chi connectivity index (χ3v) is 6.39. The molecule has 1 atom stereocenters. The van der Waals surface area contributed by atoms with Crippen molar-refractivity contribution in [1.82, 2.24) is 9.97 Å². The van der Waals surface area contributed by atoms with Crippen molar-refractivity contribution in [2.75, 3.05) is 34.8 Å². The van der Waals surface area contributed by atoms with Crippen LogP contribution in [0.5, 0.6) is 0 Å². The Kier molecular flexibility index (Phi) is 4.31. The molecular formula is C21H20N4O2S. The lowest BCUT2D eigenvalue weighted by molar-refractivity contribution is -0.116. The summed E-state index contributed by atoms with van der Waals surface area (Å²) in [6, 6.07) is 14.1. The van der Waals surface area contributed by atoms with Crippen LogP contribution in [-0.4, -0.2) is 40.5 Å². The van der Waals surface area contributed by atoms with Gasteiger partial charge in [-0.2, -0.15) is 16.7 Å². The van der Waals surface area contributed by atoms with Gasteiger partial charge in [-0.05, 0) is 16.3 Å². The molecule has 2 aliphatic rings. The minimum Gasteiger partial charge on any atom is -0.341 e. The number of fused-ring (bicyclic) bond motifs is 2. The standard InChI is InChI=1S/C21H20N4O2S/c26-17-12-16(15-7-3-5-13-4-1-2-6-14(13)15)18-19(22-17)23-21(24-20(18)27)25-8-10-28-11-9-25/h1-7,16H,8-12H2,(H2,22,23,24,26,27). The minimum absolute atomic E-state index is 0.108. The van der Waals surface area contributed by atoms with Gasteiger partial charge in [-0.1, -0.05) is 42.5 Å². The second-order valence-electron chi connectivity index (χ2n) is 7.12. The smallest absolute Gasteiger partial charge is 0.258 e. The van der Waals surface area contributed by atoms with Crippen LogP contribution in [0.4, 0.5) is 11.8 Å². The number of rotatable bonds is 2. The molecule has 1 unspecified atom stereocenters. The normalized spacial score (nSPS) is 19.4. The summed E-state index contributed by atoms with van der Waals surface area (Å²) in [7, 11) is 0. The van der Waals surface area contributed by atoms with Gasteiger partial charge in [0.25, 0.3) is 5.56 Å². The van der Waals surface area contributed by atoms with Crippen LogP contribution >= 0.6 is 11.8 Å². The topological polar surface area (TPSA) is 78.1 Å². The quantitative estimate of drug-likeness (QED) is 0.701. The number of nitrogens with one attached hydrogen (secondary N) is 2. The highest BCUT2D eigenvalue weighted by Crippen LogP contribution is 2.37. The van der Waals surface area contributed by atoms with E-state index in [2.05, 4.69) is 20.2 Å². The predicted octanol–water partition coefficient (Wildman–Crippen LogP) is 2.95. The van der Waals surface area contributed by atoms with E-state index in [0.29, 0.717) is 17.3 Å². The second-order valence-corrected chi connectivity index (χ2v) is 8.35. The first-order valence-electron chi connectivity index (χ1n) is 9.45. The van der Waals surface area contributed by atoms with Gasteiger partial charge in [0.15, 0.2) is 0 Å². The maximum absolute atomic E-state index is 13.1. The number of H-pyrrole nitrogens is 1. The fourth-order valence-electron chi connectivity index (χ4n) is 4.10. The number of hydrogen-bond acceptors (Lipinski definition) is 5. The molecule has 0 aliphatic carbocycles. The van der Waals surface area contributed by atoms with Crippen LogP contribution in [-0.2, 0) is 4.79 Å². The molecule has 7 heteroatoms. The van der Waals surface area contributed by atoms with E-state index in [0.717, 1.165) is 40.9 Å². The summed E-state index contributed by atoms with van der Waals surface area (Å²) in [5.74, 6) is 2.53. The Labute approximate surface area is 166 Å². The van der Waals surface area contributed by atoms with Crippen molar-refractivity contribution in [3.8, 4) is 0 Å². The maximum atomic E-state index is 13.1. The molecule has 28 heavy (non-hydrogen) atoms. The van der Waals surface area contributed by atoms with Gasteiger partial charge in [0.1, 0.15) is 5.82 Å². The number of carbonyl (C=O) groups is 1. The average Bonchev–Trinajstić information content (AvgIpc) is 2.73. The fourth-order valence-corrected chi connectivity index (χ4v) is 5.01. The lowest BCUT2D eigenvalue weighted by Gasteiger charge is -2.29. The summed E-state index contributed by atoms with van der Waals surface area (Å²) in [4.78, 5) is 35.2. The minimum atomic E-state index is -0.308. The lowest BCUT2D eigenvalue weighted by Crippen LogP contribution is -2.37. The molecular weight excluding hydrogens is 372 g/mol. The molecule has 142 valence electrons. The molecule has 2 aliphatic heterocycles. The number of hydrogen-bond donors (Lipinski definition) is 2. The van der Waals surface area contributed by atoms with E-state index in [-0.39, 0.29) is 23.8 Å². The van der Waals surface area contributed by atoms with E-state index >= 15 is 0 Å². The molecule has 1 fully saturated rings. The summed E-state index contributed by atoms with van der Waals surface area (Å²) in [6.45, 7) is 1.68. The first kappa shape index (κ1) is 17.3. The van der Waals surface area contributed by atoms with Crippen LogP contribution < -0.4 is 15.8 Å². The zero-order valence-electron chi connectivity index (χ0n) is 15.3. The zero-order chi connectivity index (χ0) is 19.1. The monoisotopic (exact) mass is 392 g/mol. The molecule has 3 heterocycles. The zero-order valence-corrected chi connectivity index (χ0v) is 16.1. The molecule has 0 radical (unpaired) electrons. The molecule has 5 rings (SSSR count). The Bertz CT molecular complexity index is 1120. The van der Waals surface area contributed by atoms with Gasteiger partial charge in [0.05, 0.1) is 5.56 Å². The van der Waals surface area contributed by atoms with Crippen molar-refractivity contribution in [3.05, 3.63) is 63.9 Å². The Morgan fingerprint density at radius 2 is 1.82 bits per heavy atom. The number of aromatic nitrogens is 2.